The van der Waals surface area contributed by atoms with Gasteiger partial charge in [-0.25, -0.2) is 0 Å². The van der Waals surface area contributed by atoms with Crippen molar-refractivity contribution in [2.24, 2.45) is 5.41 Å². The maximum Gasteiger partial charge on any atom is 0.165 e. The monoisotopic (exact) mass is 234 g/mol. The first kappa shape index (κ1) is 12.6. The van der Waals surface area contributed by atoms with Crippen LogP contribution in [0.5, 0.6) is 0 Å². The van der Waals surface area contributed by atoms with Gasteiger partial charge < -0.3 is 9.47 Å². The van der Waals surface area contributed by atoms with Crippen LogP contribution in [0.2, 0.25) is 0 Å². The van der Waals surface area contributed by atoms with E-state index in [2.05, 4.69) is 38.1 Å². The highest BCUT2D eigenvalue weighted by Crippen LogP contribution is 2.33. The molecule has 17 heavy (non-hydrogen) atoms. The number of benzene rings is 1. The van der Waals surface area contributed by atoms with Gasteiger partial charge in [-0.2, -0.15) is 0 Å². The molecule has 2 rings (SSSR count). The third kappa shape index (κ3) is 3.08. The Morgan fingerprint density at radius 2 is 1.65 bits per heavy atom. The molecular formula is C15H22O2. The van der Waals surface area contributed by atoms with E-state index in [-0.39, 0.29) is 11.2 Å². The highest BCUT2D eigenvalue weighted by atomic mass is 16.7. The van der Waals surface area contributed by atoms with Crippen molar-refractivity contribution in [3.05, 3.63) is 35.9 Å². The molecule has 2 nitrogen and oxygen atoms in total. The van der Waals surface area contributed by atoms with Gasteiger partial charge in [0, 0.05) is 5.41 Å². The second kappa shape index (κ2) is 4.79. The minimum absolute atomic E-state index is 0.0933. The summed E-state index contributed by atoms with van der Waals surface area (Å²) in [4.78, 5) is 0. The second-order valence-corrected chi connectivity index (χ2v) is 5.54. The zero-order valence-corrected chi connectivity index (χ0v) is 11.0. The van der Waals surface area contributed by atoms with Gasteiger partial charge in [-0.15, -0.1) is 0 Å². The second-order valence-electron chi connectivity index (χ2n) is 5.54. The van der Waals surface area contributed by atoms with Gasteiger partial charge in [-0.3, -0.25) is 0 Å². The molecule has 1 saturated heterocycles. The van der Waals surface area contributed by atoms with E-state index >= 15 is 0 Å². The van der Waals surface area contributed by atoms with Crippen molar-refractivity contribution in [1.82, 2.24) is 0 Å². The lowest BCUT2D eigenvalue weighted by Crippen LogP contribution is -2.47. The lowest BCUT2D eigenvalue weighted by molar-refractivity contribution is -0.292. The zero-order chi connectivity index (χ0) is 12.4. The molecule has 0 bridgehead atoms. The largest absolute Gasteiger partial charge is 0.350 e. The molecule has 1 aliphatic rings. The highest BCUT2D eigenvalue weighted by molar-refractivity contribution is 5.16. The molecule has 0 saturated carbocycles. The third-order valence-corrected chi connectivity index (χ3v) is 3.57. The Hall–Kier alpha value is -0.860. The number of hydrogen-bond acceptors (Lipinski definition) is 2. The van der Waals surface area contributed by atoms with Crippen molar-refractivity contribution in [1.29, 1.82) is 0 Å². The molecule has 1 aromatic carbocycles. The summed E-state index contributed by atoms with van der Waals surface area (Å²) >= 11 is 0. The molecule has 1 heterocycles. The molecule has 94 valence electrons. The SMILES string of the molecule is CCC1(C)OCC(C)(Cc2ccccc2)CO1. The van der Waals surface area contributed by atoms with Gasteiger partial charge in [-0.1, -0.05) is 44.2 Å². The molecule has 2 heteroatoms. The topological polar surface area (TPSA) is 18.5 Å². The highest BCUT2D eigenvalue weighted by Gasteiger charge is 2.38. The van der Waals surface area contributed by atoms with Crippen LogP contribution in [0.3, 0.4) is 0 Å². The Kier molecular flexibility index (Phi) is 3.55. The van der Waals surface area contributed by atoms with E-state index in [1.807, 2.05) is 13.0 Å². The zero-order valence-electron chi connectivity index (χ0n) is 11.0. The maximum absolute atomic E-state index is 5.88. The summed E-state index contributed by atoms with van der Waals surface area (Å²) in [7, 11) is 0. The Morgan fingerprint density at radius 1 is 1.06 bits per heavy atom. The minimum Gasteiger partial charge on any atom is -0.350 e. The summed E-state index contributed by atoms with van der Waals surface area (Å²) in [5.41, 5.74) is 1.44. The van der Waals surface area contributed by atoms with Crippen LogP contribution in [-0.4, -0.2) is 19.0 Å². The lowest BCUT2D eigenvalue weighted by Gasteiger charge is -2.43. The van der Waals surface area contributed by atoms with E-state index < -0.39 is 0 Å². The first-order valence-electron chi connectivity index (χ1n) is 6.37. The predicted molar refractivity (Wildman–Crippen MR) is 68.9 cm³/mol. The van der Waals surface area contributed by atoms with Gasteiger partial charge in [0.05, 0.1) is 13.2 Å². The summed E-state index contributed by atoms with van der Waals surface area (Å²) in [6, 6.07) is 10.5. The maximum atomic E-state index is 5.88. The molecule has 0 spiro atoms. The quantitative estimate of drug-likeness (QED) is 0.798. The fourth-order valence-corrected chi connectivity index (χ4v) is 2.13. The van der Waals surface area contributed by atoms with Crippen molar-refractivity contribution in [3.63, 3.8) is 0 Å². The van der Waals surface area contributed by atoms with Crippen LogP contribution >= 0.6 is 0 Å². The van der Waals surface area contributed by atoms with Gasteiger partial charge in [0.2, 0.25) is 0 Å². The number of rotatable bonds is 3. The van der Waals surface area contributed by atoms with Crippen molar-refractivity contribution in [2.75, 3.05) is 13.2 Å². The van der Waals surface area contributed by atoms with E-state index in [1.165, 1.54) is 5.56 Å². The van der Waals surface area contributed by atoms with Crippen LogP contribution in [0, 0.1) is 5.41 Å². The van der Waals surface area contributed by atoms with Crippen molar-refractivity contribution in [2.45, 2.75) is 39.4 Å². The molecule has 1 aliphatic heterocycles. The first-order valence-corrected chi connectivity index (χ1v) is 6.37. The molecule has 0 radical (unpaired) electrons. The summed E-state index contributed by atoms with van der Waals surface area (Å²) in [5, 5.41) is 0. The predicted octanol–water partition coefficient (Wildman–Crippen LogP) is 3.41. The van der Waals surface area contributed by atoms with E-state index in [1.54, 1.807) is 0 Å². The van der Waals surface area contributed by atoms with Crippen LogP contribution in [0.15, 0.2) is 30.3 Å². The average Bonchev–Trinajstić information content (AvgIpc) is 2.35. The fourth-order valence-electron chi connectivity index (χ4n) is 2.13. The van der Waals surface area contributed by atoms with E-state index in [9.17, 15) is 0 Å². The summed E-state index contributed by atoms with van der Waals surface area (Å²) in [6.07, 6.45) is 1.90. The van der Waals surface area contributed by atoms with Crippen molar-refractivity contribution < 1.29 is 9.47 Å². The molecule has 0 unspecified atom stereocenters. The standard InChI is InChI=1S/C15H22O2/c1-4-15(3)16-11-14(2,12-17-15)10-13-8-6-5-7-9-13/h5-9H,4,10-12H2,1-3H3. The lowest BCUT2D eigenvalue weighted by atomic mass is 9.84. The van der Waals surface area contributed by atoms with Crippen molar-refractivity contribution in [3.8, 4) is 0 Å². The molecule has 0 amide bonds. The van der Waals surface area contributed by atoms with Gasteiger partial charge in [-0.05, 0) is 25.3 Å². The smallest absolute Gasteiger partial charge is 0.165 e. The van der Waals surface area contributed by atoms with Crippen LogP contribution in [-0.2, 0) is 15.9 Å². The normalized spacial score (nSPS) is 33.6. The van der Waals surface area contributed by atoms with Crippen LogP contribution in [0.4, 0.5) is 0 Å². The molecule has 0 aliphatic carbocycles. The third-order valence-electron chi connectivity index (χ3n) is 3.57. The Morgan fingerprint density at radius 3 is 2.18 bits per heavy atom. The molecule has 1 fully saturated rings. The first-order chi connectivity index (χ1) is 8.05. The van der Waals surface area contributed by atoms with E-state index in [4.69, 9.17) is 9.47 Å². The summed E-state index contributed by atoms with van der Waals surface area (Å²) in [5.74, 6) is -0.379. The van der Waals surface area contributed by atoms with Gasteiger partial charge in [0.25, 0.3) is 0 Å². The summed E-state index contributed by atoms with van der Waals surface area (Å²) < 4.78 is 11.8. The van der Waals surface area contributed by atoms with Gasteiger partial charge in [0.1, 0.15) is 0 Å². The van der Waals surface area contributed by atoms with Gasteiger partial charge in [0.15, 0.2) is 5.79 Å². The van der Waals surface area contributed by atoms with Crippen LogP contribution < -0.4 is 0 Å². The number of hydrogen-bond donors (Lipinski definition) is 0. The van der Waals surface area contributed by atoms with E-state index in [0.29, 0.717) is 0 Å². The molecule has 0 aromatic heterocycles. The number of ether oxygens (including phenoxy) is 2. The summed E-state index contributed by atoms with van der Waals surface area (Å²) in [6.45, 7) is 7.89. The molecular weight excluding hydrogens is 212 g/mol. The minimum atomic E-state index is -0.379. The molecule has 0 atom stereocenters. The van der Waals surface area contributed by atoms with Crippen LogP contribution in [0.25, 0.3) is 0 Å². The average molecular weight is 234 g/mol. The van der Waals surface area contributed by atoms with Gasteiger partial charge >= 0.3 is 0 Å². The van der Waals surface area contributed by atoms with Crippen molar-refractivity contribution >= 4 is 0 Å². The van der Waals surface area contributed by atoms with E-state index in [0.717, 1.165) is 26.1 Å². The Bertz CT molecular complexity index is 350. The molecule has 1 aromatic rings. The Labute approximate surface area is 104 Å². The fraction of sp³-hybridized carbons (Fsp3) is 0.600. The Balaban J connectivity index is 1.98. The van der Waals surface area contributed by atoms with Crippen LogP contribution in [0.1, 0.15) is 32.8 Å². The molecule has 0 N–H and O–H groups in total.